The second-order valence-corrected chi connectivity index (χ2v) is 6.91. The molecule has 4 heterocycles. The highest BCUT2D eigenvalue weighted by atomic mass is 19.1. The van der Waals surface area contributed by atoms with Gasteiger partial charge in [-0.15, -0.1) is 5.10 Å². The Hall–Kier alpha value is -3.03. The van der Waals surface area contributed by atoms with Crippen molar-refractivity contribution in [2.75, 3.05) is 11.9 Å². The zero-order chi connectivity index (χ0) is 17.7. The Bertz CT molecular complexity index is 1110. The van der Waals surface area contributed by atoms with E-state index in [1.807, 2.05) is 29.8 Å². The Kier molecular flexibility index (Phi) is 3.22. The van der Waals surface area contributed by atoms with Crippen molar-refractivity contribution in [3.05, 3.63) is 42.7 Å². The number of halogens is 1. The minimum absolute atomic E-state index is 0.257. The molecule has 0 aliphatic heterocycles. The lowest BCUT2D eigenvalue weighted by atomic mass is 9.82. The lowest BCUT2D eigenvalue weighted by molar-refractivity contribution is 0.0782. The van der Waals surface area contributed by atoms with Crippen molar-refractivity contribution in [3.63, 3.8) is 0 Å². The number of nitrogens with zero attached hydrogens (tertiary/aromatic N) is 6. The molecular formula is C18H18FN7. The average Bonchev–Trinajstić information content (AvgIpc) is 3.21. The Morgan fingerprint density at radius 3 is 2.85 bits per heavy atom. The van der Waals surface area contributed by atoms with Crippen molar-refractivity contribution in [2.45, 2.75) is 31.9 Å². The molecule has 1 N–H and O–H groups in total. The van der Waals surface area contributed by atoms with Crippen LogP contribution in [0.5, 0.6) is 0 Å². The van der Waals surface area contributed by atoms with Crippen LogP contribution in [0.1, 0.15) is 25.0 Å². The van der Waals surface area contributed by atoms with Crippen molar-refractivity contribution in [1.29, 1.82) is 0 Å². The van der Waals surface area contributed by atoms with Gasteiger partial charge in [0.25, 0.3) is 0 Å². The van der Waals surface area contributed by atoms with Crippen LogP contribution in [-0.2, 0) is 0 Å². The van der Waals surface area contributed by atoms with Crippen LogP contribution in [0.2, 0.25) is 0 Å². The first-order valence-corrected chi connectivity index (χ1v) is 8.69. The van der Waals surface area contributed by atoms with Crippen LogP contribution in [0.4, 0.5) is 10.3 Å². The predicted molar refractivity (Wildman–Crippen MR) is 95.9 cm³/mol. The Morgan fingerprint density at radius 2 is 2.04 bits per heavy atom. The molecule has 4 aromatic rings. The number of hydrogen-bond donors (Lipinski definition) is 1. The van der Waals surface area contributed by atoms with Crippen molar-refractivity contribution in [3.8, 4) is 11.1 Å². The third kappa shape index (κ3) is 2.40. The molecule has 8 heteroatoms. The SMILES string of the molecule is Cc1cnc2ncc(-c3ccn4nc(NCC5(F)CCC5)ncc34)cn12. The van der Waals surface area contributed by atoms with Crippen molar-refractivity contribution in [2.24, 2.45) is 0 Å². The van der Waals surface area contributed by atoms with E-state index in [9.17, 15) is 4.39 Å². The third-order valence-electron chi connectivity index (χ3n) is 5.09. The van der Waals surface area contributed by atoms with Crippen molar-refractivity contribution < 1.29 is 4.39 Å². The van der Waals surface area contributed by atoms with Gasteiger partial charge in [0.15, 0.2) is 0 Å². The zero-order valence-corrected chi connectivity index (χ0v) is 14.4. The van der Waals surface area contributed by atoms with Gasteiger partial charge < -0.3 is 5.32 Å². The minimum atomic E-state index is -1.11. The second kappa shape index (κ2) is 5.48. The van der Waals surface area contributed by atoms with Gasteiger partial charge in [-0.05, 0) is 32.3 Å². The van der Waals surface area contributed by atoms with E-state index in [0.717, 1.165) is 28.8 Å². The van der Waals surface area contributed by atoms with Gasteiger partial charge in [-0.25, -0.2) is 23.9 Å². The first kappa shape index (κ1) is 15.2. The molecule has 0 amide bonds. The van der Waals surface area contributed by atoms with E-state index in [0.29, 0.717) is 24.6 Å². The molecule has 5 rings (SSSR count). The maximum absolute atomic E-state index is 14.1. The number of imidazole rings is 1. The summed E-state index contributed by atoms with van der Waals surface area (Å²) in [6, 6.07) is 1.98. The molecule has 0 radical (unpaired) electrons. The molecular weight excluding hydrogens is 333 g/mol. The highest BCUT2D eigenvalue weighted by Gasteiger charge is 2.36. The smallest absolute Gasteiger partial charge is 0.241 e. The lowest BCUT2D eigenvalue weighted by Crippen LogP contribution is -2.39. The number of hydrogen-bond acceptors (Lipinski definition) is 5. The van der Waals surface area contributed by atoms with Gasteiger partial charge in [0.2, 0.25) is 11.7 Å². The number of aromatic nitrogens is 6. The van der Waals surface area contributed by atoms with E-state index in [4.69, 9.17) is 0 Å². The molecule has 0 spiro atoms. The van der Waals surface area contributed by atoms with E-state index in [1.165, 1.54) is 0 Å². The molecule has 26 heavy (non-hydrogen) atoms. The van der Waals surface area contributed by atoms with Crippen LogP contribution in [0, 0.1) is 6.92 Å². The van der Waals surface area contributed by atoms with Crippen LogP contribution in [0.15, 0.2) is 37.1 Å². The molecule has 0 aromatic carbocycles. The van der Waals surface area contributed by atoms with Crippen LogP contribution < -0.4 is 5.32 Å². The number of anilines is 1. The summed E-state index contributed by atoms with van der Waals surface area (Å²) in [6.07, 6.45) is 11.4. The number of rotatable bonds is 4. The lowest BCUT2D eigenvalue weighted by Gasteiger charge is -2.33. The normalized spacial score (nSPS) is 16.1. The van der Waals surface area contributed by atoms with Gasteiger partial charge in [0.05, 0.1) is 24.5 Å². The first-order valence-electron chi connectivity index (χ1n) is 8.69. The number of alkyl halides is 1. The molecule has 0 unspecified atom stereocenters. The van der Waals surface area contributed by atoms with E-state index >= 15 is 0 Å². The Balaban J connectivity index is 1.47. The molecule has 0 atom stereocenters. The molecule has 4 aromatic heterocycles. The largest absolute Gasteiger partial charge is 0.350 e. The summed E-state index contributed by atoms with van der Waals surface area (Å²) in [6.45, 7) is 2.25. The number of aryl methyl sites for hydroxylation is 1. The maximum Gasteiger partial charge on any atom is 0.241 e. The second-order valence-electron chi connectivity index (χ2n) is 6.91. The molecule has 0 bridgehead atoms. The van der Waals surface area contributed by atoms with E-state index in [1.54, 1.807) is 23.1 Å². The number of fused-ring (bicyclic) bond motifs is 2. The summed E-state index contributed by atoms with van der Waals surface area (Å²) in [5.74, 6) is 1.11. The van der Waals surface area contributed by atoms with Gasteiger partial charge >= 0.3 is 0 Å². The summed E-state index contributed by atoms with van der Waals surface area (Å²) in [4.78, 5) is 13.0. The fourth-order valence-corrected chi connectivity index (χ4v) is 3.33. The molecule has 1 saturated carbocycles. The highest BCUT2D eigenvalue weighted by molar-refractivity contribution is 5.79. The van der Waals surface area contributed by atoms with Gasteiger partial charge in [-0.2, -0.15) is 0 Å². The minimum Gasteiger partial charge on any atom is -0.350 e. The van der Waals surface area contributed by atoms with Crippen LogP contribution >= 0.6 is 0 Å². The first-order chi connectivity index (χ1) is 12.6. The molecule has 1 fully saturated rings. The Labute approximate surface area is 148 Å². The van der Waals surface area contributed by atoms with Gasteiger partial charge in [0.1, 0.15) is 5.67 Å². The fourth-order valence-electron chi connectivity index (χ4n) is 3.33. The van der Waals surface area contributed by atoms with Gasteiger partial charge in [-0.3, -0.25) is 4.40 Å². The van der Waals surface area contributed by atoms with Crippen LogP contribution in [0.3, 0.4) is 0 Å². The van der Waals surface area contributed by atoms with E-state index in [2.05, 4.69) is 25.4 Å². The monoisotopic (exact) mass is 351 g/mol. The summed E-state index contributed by atoms with van der Waals surface area (Å²) in [5, 5.41) is 7.45. The average molecular weight is 351 g/mol. The van der Waals surface area contributed by atoms with Crippen molar-refractivity contribution in [1.82, 2.24) is 29.0 Å². The summed E-state index contributed by atoms with van der Waals surface area (Å²) >= 11 is 0. The molecule has 132 valence electrons. The molecule has 7 nitrogen and oxygen atoms in total. The highest BCUT2D eigenvalue weighted by Crippen LogP contribution is 2.35. The Morgan fingerprint density at radius 1 is 1.19 bits per heavy atom. The van der Waals surface area contributed by atoms with Crippen LogP contribution in [0.25, 0.3) is 22.4 Å². The topological polar surface area (TPSA) is 72.4 Å². The third-order valence-corrected chi connectivity index (χ3v) is 5.09. The molecule has 0 saturated heterocycles. The fraction of sp³-hybridized carbons (Fsp3) is 0.333. The van der Waals surface area contributed by atoms with E-state index in [-0.39, 0.29) is 6.54 Å². The summed E-state index contributed by atoms with van der Waals surface area (Å²) in [7, 11) is 0. The summed E-state index contributed by atoms with van der Waals surface area (Å²) in [5.41, 5.74) is 2.73. The predicted octanol–water partition coefficient (Wildman–Crippen LogP) is 3.05. The van der Waals surface area contributed by atoms with E-state index < -0.39 is 5.67 Å². The summed E-state index contributed by atoms with van der Waals surface area (Å²) < 4.78 is 17.8. The standard InChI is InChI=1S/C18H18FN7/c1-12-7-21-17-22-8-13(10-25(12)17)14-3-6-26-15(14)9-20-16(24-26)23-11-18(19)4-2-5-18/h3,6-10H,2,4-5,11H2,1H3,(H,23,24). The zero-order valence-electron chi connectivity index (χ0n) is 14.4. The molecule has 1 aliphatic carbocycles. The van der Waals surface area contributed by atoms with Gasteiger partial charge in [0, 0.05) is 35.4 Å². The quantitative estimate of drug-likeness (QED) is 0.612. The van der Waals surface area contributed by atoms with Crippen molar-refractivity contribution >= 4 is 17.2 Å². The number of nitrogens with one attached hydrogen (secondary N) is 1. The van der Waals surface area contributed by atoms with Gasteiger partial charge in [-0.1, -0.05) is 0 Å². The van der Waals surface area contributed by atoms with Crippen LogP contribution in [-0.4, -0.2) is 41.2 Å². The molecule has 1 aliphatic rings. The maximum atomic E-state index is 14.1.